The molecule has 1 rings (SSSR count). The zero-order valence-electron chi connectivity index (χ0n) is 4.40. The van der Waals surface area contributed by atoms with E-state index in [-0.39, 0.29) is 5.82 Å². The van der Waals surface area contributed by atoms with Gasteiger partial charge in [-0.15, -0.1) is 0 Å². The zero-order chi connectivity index (χ0) is 6.85. The lowest BCUT2D eigenvalue weighted by atomic mass is 10.6. The molecule has 1 amide bonds. The van der Waals surface area contributed by atoms with Crippen molar-refractivity contribution in [1.82, 2.24) is 10.1 Å². The Hall–Kier alpha value is -1.59. The number of hydrogen-bond acceptors (Lipinski definition) is 3. The summed E-state index contributed by atoms with van der Waals surface area (Å²) in [4.78, 5) is 14.1. The smallest absolute Gasteiger partial charge is 0.359 e. The molecule has 1 aromatic rings. The third kappa shape index (κ3) is 0.809. The van der Waals surface area contributed by atoms with Crippen LogP contribution < -0.4 is 10.6 Å². The Kier molecular flexibility index (Phi) is 1.07. The van der Waals surface area contributed by atoms with E-state index in [1.165, 1.54) is 0 Å². The highest BCUT2D eigenvalue weighted by atomic mass is 16.5. The van der Waals surface area contributed by atoms with E-state index in [2.05, 4.69) is 10.1 Å². The Bertz CT molecular complexity index is 229. The van der Waals surface area contributed by atoms with Crippen LogP contribution in [-0.2, 0) is 0 Å². The van der Waals surface area contributed by atoms with Gasteiger partial charge in [0.15, 0.2) is 0 Å². The molecule has 9 heavy (non-hydrogen) atoms. The number of hydrogen-bond donors (Lipinski definition) is 3. The fraction of sp³-hybridized carbons (Fsp3) is 0. The lowest BCUT2D eigenvalue weighted by Gasteiger charge is -1.78. The van der Waals surface area contributed by atoms with Crippen molar-refractivity contribution in [2.24, 2.45) is 5.73 Å². The molecule has 1 aromatic heterocycles. The van der Waals surface area contributed by atoms with Crippen LogP contribution in [0.3, 0.4) is 0 Å². The van der Waals surface area contributed by atoms with Gasteiger partial charge in [0.1, 0.15) is 0 Å². The molecule has 6 nitrogen and oxygen atoms in total. The maximum absolute atomic E-state index is 10.2. The summed E-state index contributed by atoms with van der Waals surface area (Å²) in [7, 11) is 0. The van der Waals surface area contributed by atoms with Crippen LogP contribution in [0.4, 0.5) is 0 Å². The van der Waals surface area contributed by atoms with Crippen LogP contribution in [0.25, 0.3) is 0 Å². The number of aromatic nitrogens is 3. The van der Waals surface area contributed by atoms with Crippen molar-refractivity contribution in [3.8, 4) is 0 Å². The van der Waals surface area contributed by atoms with E-state index in [9.17, 15) is 4.79 Å². The maximum Gasteiger partial charge on any atom is 0.449 e. The minimum absolute atomic E-state index is 0.213. The first-order valence-corrected chi connectivity index (χ1v) is 2.16. The predicted molar refractivity (Wildman–Crippen MR) is 24.5 cm³/mol. The standard InChI is InChI=1S/C3H4N4O2/c4-2(8)3-5-1-6-7(3)9/h1,9H,(H2,4,8)/p+1. The number of carbonyl (C=O) groups is 1. The van der Waals surface area contributed by atoms with Crippen molar-refractivity contribution >= 4 is 5.91 Å². The van der Waals surface area contributed by atoms with Gasteiger partial charge in [-0.2, -0.15) is 5.10 Å². The lowest BCUT2D eigenvalue weighted by Crippen LogP contribution is -2.40. The van der Waals surface area contributed by atoms with Gasteiger partial charge in [-0.05, 0) is 4.98 Å². The van der Waals surface area contributed by atoms with Gasteiger partial charge >= 0.3 is 11.7 Å². The van der Waals surface area contributed by atoms with Crippen LogP contribution in [-0.4, -0.2) is 21.2 Å². The molecule has 0 aliphatic carbocycles. The molecule has 0 aromatic carbocycles. The molecule has 0 fully saturated rings. The Morgan fingerprint density at radius 1 is 2.00 bits per heavy atom. The first kappa shape index (κ1) is 5.54. The lowest BCUT2D eigenvalue weighted by molar-refractivity contribution is -0.947. The van der Waals surface area contributed by atoms with E-state index in [0.717, 1.165) is 6.33 Å². The van der Waals surface area contributed by atoms with E-state index in [1.807, 2.05) is 0 Å². The highest BCUT2D eigenvalue weighted by Gasteiger charge is 2.19. The van der Waals surface area contributed by atoms with Crippen LogP contribution in [0.5, 0.6) is 0 Å². The van der Waals surface area contributed by atoms with Crippen LogP contribution in [0, 0.1) is 0 Å². The molecule has 0 bridgehead atoms. The summed E-state index contributed by atoms with van der Waals surface area (Å²) in [5.41, 5.74) is 4.76. The minimum Gasteiger partial charge on any atom is -0.359 e. The van der Waals surface area contributed by atoms with Crippen molar-refractivity contribution < 1.29 is 14.8 Å². The summed E-state index contributed by atoms with van der Waals surface area (Å²) >= 11 is 0. The van der Waals surface area contributed by atoms with Gasteiger partial charge in [-0.25, -0.2) is 0 Å². The van der Waals surface area contributed by atoms with Crippen molar-refractivity contribution in [3.05, 3.63) is 12.2 Å². The van der Waals surface area contributed by atoms with Gasteiger partial charge in [0.25, 0.3) is 0 Å². The highest BCUT2D eigenvalue weighted by Crippen LogP contribution is 1.75. The average molecular weight is 129 g/mol. The number of rotatable bonds is 1. The Morgan fingerprint density at radius 2 is 2.67 bits per heavy atom. The second-order valence-corrected chi connectivity index (χ2v) is 1.39. The minimum atomic E-state index is -0.779. The molecule has 48 valence electrons. The van der Waals surface area contributed by atoms with E-state index in [1.54, 1.807) is 0 Å². The number of nitrogens with zero attached hydrogens (tertiary/aromatic N) is 2. The Labute approximate surface area is 49.9 Å². The molecule has 4 N–H and O–H groups in total. The number of aromatic amines is 1. The quantitative estimate of drug-likeness (QED) is 0.303. The van der Waals surface area contributed by atoms with Gasteiger partial charge in [-0.1, -0.05) is 0 Å². The molecule has 0 aliphatic rings. The summed E-state index contributed by atoms with van der Waals surface area (Å²) in [6.45, 7) is 0. The second-order valence-electron chi connectivity index (χ2n) is 1.39. The molecular formula is C3H5N4O2+. The van der Waals surface area contributed by atoms with E-state index in [4.69, 9.17) is 10.9 Å². The normalized spacial score (nSPS) is 9.33. The number of H-pyrrole nitrogens is 1. The van der Waals surface area contributed by atoms with Gasteiger partial charge in [0, 0.05) is 4.85 Å². The van der Waals surface area contributed by atoms with Gasteiger partial charge in [0.2, 0.25) is 6.33 Å². The predicted octanol–water partition coefficient (Wildman–Crippen LogP) is -1.97. The molecule has 0 saturated heterocycles. The number of carbonyl (C=O) groups excluding carboxylic acids is 1. The highest BCUT2D eigenvalue weighted by molar-refractivity contribution is 5.87. The summed E-state index contributed by atoms with van der Waals surface area (Å²) in [5.74, 6) is -0.992. The van der Waals surface area contributed by atoms with Crippen LogP contribution in [0.1, 0.15) is 10.6 Å². The zero-order valence-corrected chi connectivity index (χ0v) is 4.40. The third-order valence-electron chi connectivity index (χ3n) is 0.788. The first-order chi connectivity index (χ1) is 4.22. The fourth-order valence-corrected chi connectivity index (χ4v) is 0.429. The van der Waals surface area contributed by atoms with E-state index >= 15 is 0 Å². The molecule has 0 spiro atoms. The second kappa shape index (κ2) is 1.73. The number of nitrogens with two attached hydrogens (primary N) is 1. The van der Waals surface area contributed by atoms with Crippen molar-refractivity contribution in [2.75, 3.05) is 0 Å². The third-order valence-corrected chi connectivity index (χ3v) is 0.788. The van der Waals surface area contributed by atoms with E-state index in [0.29, 0.717) is 4.85 Å². The molecule has 6 heteroatoms. The Morgan fingerprint density at radius 3 is 2.89 bits per heavy atom. The fourth-order valence-electron chi connectivity index (χ4n) is 0.429. The molecule has 1 heterocycles. The molecule has 0 radical (unpaired) electrons. The van der Waals surface area contributed by atoms with Crippen LogP contribution in [0.2, 0.25) is 0 Å². The summed E-state index contributed by atoms with van der Waals surface area (Å²) in [6, 6.07) is 0. The van der Waals surface area contributed by atoms with Crippen molar-refractivity contribution in [1.29, 1.82) is 0 Å². The molecule has 0 aliphatic heterocycles. The topological polar surface area (TPSA) is 95.9 Å². The molecule has 0 unspecified atom stereocenters. The summed E-state index contributed by atoms with van der Waals surface area (Å²) in [5, 5.41) is 10.8. The van der Waals surface area contributed by atoms with Gasteiger partial charge in [-0.3, -0.25) is 4.79 Å². The van der Waals surface area contributed by atoms with E-state index < -0.39 is 5.91 Å². The average Bonchev–Trinajstić information content (AvgIpc) is 2.13. The summed E-state index contributed by atoms with van der Waals surface area (Å²) in [6.07, 6.45) is 1.15. The largest absolute Gasteiger partial charge is 0.449 e. The molecular weight excluding hydrogens is 124 g/mol. The molecule has 0 atom stereocenters. The summed E-state index contributed by atoms with van der Waals surface area (Å²) < 4.78 is 0. The number of primary amides is 1. The van der Waals surface area contributed by atoms with Crippen LogP contribution >= 0.6 is 0 Å². The molecule has 0 saturated carbocycles. The number of amides is 1. The Balaban J connectivity index is 3.08. The monoisotopic (exact) mass is 129 g/mol. The SMILES string of the molecule is NC(=O)c1nc[nH][n+]1O. The van der Waals surface area contributed by atoms with Gasteiger partial charge in [0.05, 0.1) is 0 Å². The van der Waals surface area contributed by atoms with Crippen molar-refractivity contribution in [2.45, 2.75) is 0 Å². The maximum atomic E-state index is 10.2. The van der Waals surface area contributed by atoms with Crippen LogP contribution in [0.15, 0.2) is 6.33 Å². The van der Waals surface area contributed by atoms with Crippen molar-refractivity contribution in [3.63, 3.8) is 0 Å². The first-order valence-electron chi connectivity index (χ1n) is 2.16. The number of nitrogens with one attached hydrogen (secondary N) is 1. The van der Waals surface area contributed by atoms with Gasteiger partial charge < -0.3 is 10.9 Å².